The van der Waals surface area contributed by atoms with E-state index < -0.39 is 24.6 Å². The molecule has 1 saturated heterocycles. The van der Waals surface area contributed by atoms with Gasteiger partial charge in [-0.3, -0.25) is 3.07 Å². The van der Waals surface area contributed by atoms with E-state index in [1.807, 2.05) is 0 Å². The third-order valence-corrected chi connectivity index (χ3v) is 2.38. The quantitative estimate of drug-likeness (QED) is 0.579. The topological polar surface area (TPSA) is 79.2 Å². The molecule has 1 unspecified atom stereocenters. The molecule has 12 heavy (non-hydrogen) atoms. The van der Waals surface area contributed by atoms with Gasteiger partial charge in [-0.05, 0) is 0 Å². The number of aliphatic hydroxyl groups excluding tert-OH is 3. The molecule has 4 atom stereocenters. The second kappa shape index (κ2) is 4.68. The van der Waals surface area contributed by atoms with E-state index in [0.717, 1.165) is 0 Å². The second-order valence-corrected chi connectivity index (χ2v) is 3.18. The Kier molecular flexibility index (Phi) is 4.14. The van der Waals surface area contributed by atoms with Crippen LogP contribution in [0.2, 0.25) is 0 Å². The van der Waals surface area contributed by atoms with Crippen LogP contribution in [0.15, 0.2) is 0 Å². The van der Waals surface area contributed by atoms with Crippen molar-refractivity contribution in [2.75, 3.05) is 6.61 Å². The molecule has 1 fully saturated rings. The Labute approximate surface area is 84.0 Å². The van der Waals surface area contributed by atoms with Crippen LogP contribution in [0, 0.1) is 0 Å². The van der Waals surface area contributed by atoms with Gasteiger partial charge in [-0.25, -0.2) is 0 Å². The van der Waals surface area contributed by atoms with Crippen molar-refractivity contribution in [2.45, 2.75) is 31.0 Å². The summed E-state index contributed by atoms with van der Waals surface area (Å²) in [5.74, 6) is 0. The Morgan fingerprint density at radius 1 is 1.50 bits per heavy atom. The van der Waals surface area contributed by atoms with E-state index in [9.17, 15) is 10.2 Å². The third-order valence-electron chi connectivity index (χ3n) is 1.81. The number of hydrogen-bond acceptors (Lipinski definition) is 5. The van der Waals surface area contributed by atoms with Crippen molar-refractivity contribution in [1.82, 2.24) is 0 Å². The molecular weight excluding hydrogens is 279 g/mol. The van der Waals surface area contributed by atoms with Crippen LogP contribution in [0.4, 0.5) is 0 Å². The average molecular weight is 290 g/mol. The molecule has 1 aliphatic rings. The number of halogens is 1. The highest BCUT2D eigenvalue weighted by molar-refractivity contribution is 14.1. The first-order chi connectivity index (χ1) is 5.69. The maximum absolute atomic E-state index is 9.26. The molecule has 0 aromatic heterocycles. The first-order valence-electron chi connectivity index (χ1n) is 3.59. The van der Waals surface area contributed by atoms with Gasteiger partial charge in [0.25, 0.3) is 0 Å². The maximum atomic E-state index is 9.26. The van der Waals surface area contributed by atoms with Crippen LogP contribution in [-0.4, -0.2) is 46.5 Å². The summed E-state index contributed by atoms with van der Waals surface area (Å²) in [7, 11) is 0. The number of aliphatic hydroxyl groups is 3. The molecule has 1 rings (SSSR count). The molecule has 6 heteroatoms. The lowest BCUT2D eigenvalue weighted by Crippen LogP contribution is -2.49. The monoisotopic (exact) mass is 290 g/mol. The number of rotatable bonds is 2. The Balaban J connectivity index is 2.52. The summed E-state index contributed by atoms with van der Waals surface area (Å²) < 4.78 is 9.89. The van der Waals surface area contributed by atoms with Crippen molar-refractivity contribution in [1.29, 1.82) is 0 Å². The molecule has 0 bridgehead atoms. The third kappa shape index (κ3) is 2.27. The van der Waals surface area contributed by atoms with E-state index in [2.05, 4.69) is 0 Å². The van der Waals surface area contributed by atoms with Gasteiger partial charge in [0.1, 0.15) is 35.2 Å². The molecule has 0 aliphatic carbocycles. The highest BCUT2D eigenvalue weighted by atomic mass is 127. The summed E-state index contributed by atoms with van der Waals surface area (Å²) in [5, 5.41) is 27.3. The molecule has 1 aliphatic heterocycles. The van der Waals surface area contributed by atoms with Crippen LogP contribution in [0.5, 0.6) is 0 Å². The maximum Gasteiger partial charge on any atom is 0.172 e. The molecule has 0 amide bonds. The smallest absolute Gasteiger partial charge is 0.172 e. The van der Waals surface area contributed by atoms with Gasteiger partial charge in [-0.1, -0.05) is 0 Å². The van der Waals surface area contributed by atoms with Crippen molar-refractivity contribution in [2.24, 2.45) is 0 Å². The van der Waals surface area contributed by atoms with Crippen molar-refractivity contribution < 1.29 is 23.1 Å². The fourth-order valence-corrected chi connectivity index (χ4v) is 1.45. The Morgan fingerprint density at radius 2 is 2.17 bits per heavy atom. The van der Waals surface area contributed by atoms with Gasteiger partial charge in [0, 0.05) is 6.42 Å². The molecule has 5 nitrogen and oxygen atoms in total. The van der Waals surface area contributed by atoms with Crippen LogP contribution in [0.3, 0.4) is 0 Å². The normalized spacial score (nSPS) is 43.0. The lowest BCUT2D eigenvalue weighted by Gasteiger charge is -2.34. The average Bonchev–Trinajstić information content (AvgIpc) is 2.09. The minimum absolute atomic E-state index is 0.223. The summed E-state index contributed by atoms with van der Waals surface area (Å²) in [6.45, 7) is -0.325. The lowest BCUT2D eigenvalue weighted by atomic mass is 10.0. The molecule has 1 heterocycles. The van der Waals surface area contributed by atoms with E-state index in [1.54, 1.807) is 23.0 Å². The van der Waals surface area contributed by atoms with E-state index in [4.69, 9.17) is 12.9 Å². The standard InChI is InChI=1S/C6H11IO5/c7-12-5-1-3(9)6(10)4(2-8)11-5/h3-6,8-10H,1-2H2/t3-,4?,5+,6-/m1/s1. The van der Waals surface area contributed by atoms with Crippen LogP contribution < -0.4 is 0 Å². The zero-order chi connectivity index (χ0) is 9.14. The molecule has 0 aromatic rings. The molecule has 0 radical (unpaired) electrons. The Morgan fingerprint density at radius 3 is 2.67 bits per heavy atom. The lowest BCUT2D eigenvalue weighted by molar-refractivity contribution is -0.220. The molecule has 0 aromatic carbocycles. The number of hydrogen-bond donors (Lipinski definition) is 3. The van der Waals surface area contributed by atoms with Gasteiger partial charge in [0.05, 0.1) is 12.7 Å². The molecule has 72 valence electrons. The van der Waals surface area contributed by atoms with Crippen molar-refractivity contribution >= 4 is 23.0 Å². The van der Waals surface area contributed by atoms with Crippen molar-refractivity contribution in [3.8, 4) is 0 Å². The second-order valence-electron chi connectivity index (χ2n) is 2.67. The minimum Gasteiger partial charge on any atom is -0.394 e. The van der Waals surface area contributed by atoms with Crippen molar-refractivity contribution in [3.63, 3.8) is 0 Å². The van der Waals surface area contributed by atoms with Crippen LogP contribution in [0.25, 0.3) is 0 Å². The largest absolute Gasteiger partial charge is 0.394 e. The predicted octanol–water partition coefficient (Wildman–Crippen LogP) is -0.818. The summed E-state index contributed by atoms with van der Waals surface area (Å²) in [5.41, 5.74) is 0. The minimum atomic E-state index is -1.03. The van der Waals surface area contributed by atoms with E-state index in [1.165, 1.54) is 0 Å². The van der Waals surface area contributed by atoms with E-state index >= 15 is 0 Å². The molecular formula is C6H11IO5. The summed E-state index contributed by atoms with van der Waals surface area (Å²) in [4.78, 5) is 0. The predicted molar refractivity (Wildman–Crippen MR) is 47.5 cm³/mol. The van der Waals surface area contributed by atoms with Gasteiger partial charge in [0.2, 0.25) is 0 Å². The summed E-state index contributed by atoms with van der Waals surface area (Å²) >= 11 is 1.65. The summed E-state index contributed by atoms with van der Waals surface area (Å²) in [6.07, 6.45) is -3.01. The van der Waals surface area contributed by atoms with Gasteiger partial charge in [0.15, 0.2) is 6.29 Å². The Hall–Kier alpha value is 0.530. The molecule has 3 N–H and O–H groups in total. The summed E-state index contributed by atoms with van der Waals surface area (Å²) in [6, 6.07) is 0. The molecule has 0 saturated carbocycles. The highest BCUT2D eigenvalue weighted by Gasteiger charge is 2.36. The van der Waals surface area contributed by atoms with Crippen LogP contribution in [0.1, 0.15) is 6.42 Å². The number of ether oxygens (including phenoxy) is 1. The van der Waals surface area contributed by atoms with Gasteiger partial charge < -0.3 is 20.1 Å². The zero-order valence-electron chi connectivity index (χ0n) is 6.26. The fourth-order valence-electron chi connectivity index (χ4n) is 1.12. The first kappa shape index (κ1) is 10.6. The van der Waals surface area contributed by atoms with Crippen molar-refractivity contribution in [3.05, 3.63) is 0 Å². The first-order valence-corrected chi connectivity index (χ1v) is 4.47. The van der Waals surface area contributed by atoms with Gasteiger partial charge in [-0.15, -0.1) is 0 Å². The Bertz CT molecular complexity index is 144. The van der Waals surface area contributed by atoms with E-state index in [0.29, 0.717) is 0 Å². The molecule has 0 spiro atoms. The SMILES string of the molecule is OCC1O[C@@H](OI)C[C@@H](O)[C@H]1O. The van der Waals surface area contributed by atoms with Gasteiger partial charge >= 0.3 is 0 Å². The highest BCUT2D eigenvalue weighted by Crippen LogP contribution is 2.22. The van der Waals surface area contributed by atoms with Crippen LogP contribution in [-0.2, 0) is 7.80 Å². The van der Waals surface area contributed by atoms with E-state index in [-0.39, 0.29) is 13.0 Å². The van der Waals surface area contributed by atoms with Gasteiger partial charge in [-0.2, -0.15) is 0 Å². The fraction of sp³-hybridized carbons (Fsp3) is 1.00. The zero-order valence-corrected chi connectivity index (χ0v) is 8.42. The van der Waals surface area contributed by atoms with Crippen LogP contribution >= 0.6 is 23.0 Å².